The monoisotopic (exact) mass is 237 g/mol. The van der Waals surface area contributed by atoms with Gasteiger partial charge < -0.3 is 14.9 Å². The summed E-state index contributed by atoms with van der Waals surface area (Å²) in [6.07, 6.45) is 0. The Labute approximate surface area is 104 Å². The highest BCUT2D eigenvalue weighted by molar-refractivity contribution is 5.40. The number of nitrogens with zero attached hydrogens (tertiary/aromatic N) is 3. The number of hydrogen-bond acceptors (Lipinski definition) is 4. The average Bonchev–Trinajstić information content (AvgIpc) is 2.29. The topological polar surface area (TPSA) is 39.6 Å². The number of aromatic nitrogens is 1. The molecule has 0 aliphatic rings. The van der Waals surface area contributed by atoms with E-state index in [0.717, 1.165) is 24.6 Å². The van der Waals surface area contributed by atoms with Crippen LogP contribution < -0.4 is 4.90 Å². The van der Waals surface area contributed by atoms with Gasteiger partial charge in [0.2, 0.25) is 0 Å². The number of aliphatic hydroxyl groups excluding tert-OH is 1. The van der Waals surface area contributed by atoms with Crippen molar-refractivity contribution in [3.63, 3.8) is 0 Å². The number of anilines is 1. The third kappa shape index (κ3) is 3.98. The summed E-state index contributed by atoms with van der Waals surface area (Å²) >= 11 is 0. The number of pyridine rings is 1. The van der Waals surface area contributed by atoms with Gasteiger partial charge in [-0.15, -0.1) is 0 Å². The summed E-state index contributed by atoms with van der Waals surface area (Å²) in [6.45, 7) is 6.21. The molecular formula is C13H23N3O. The highest BCUT2D eigenvalue weighted by atomic mass is 16.3. The van der Waals surface area contributed by atoms with Crippen LogP contribution in [0, 0.1) is 0 Å². The van der Waals surface area contributed by atoms with E-state index < -0.39 is 0 Å². The first-order chi connectivity index (χ1) is 8.08. The first-order valence-electron chi connectivity index (χ1n) is 6.06. The minimum Gasteiger partial charge on any atom is -0.390 e. The van der Waals surface area contributed by atoms with Gasteiger partial charge in [0.15, 0.2) is 0 Å². The van der Waals surface area contributed by atoms with Gasteiger partial charge in [-0.05, 0) is 40.1 Å². The molecule has 0 bridgehead atoms. The third-order valence-electron chi connectivity index (χ3n) is 2.75. The van der Waals surface area contributed by atoms with Crippen LogP contribution in [0.1, 0.15) is 19.5 Å². The molecule has 1 rings (SSSR count). The van der Waals surface area contributed by atoms with E-state index in [2.05, 4.69) is 42.7 Å². The Morgan fingerprint density at radius 3 is 2.59 bits per heavy atom. The zero-order valence-electron chi connectivity index (χ0n) is 11.2. The maximum atomic E-state index is 9.11. The fourth-order valence-corrected chi connectivity index (χ4v) is 2.04. The summed E-state index contributed by atoms with van der Waals surface area (Å²) in [6, 6.07) is 6.18. The average molecular weight is 237 g/mol. The molecule has 1 N–H and O–H groups in total. The van der Waals surface area contributed by atoms with Gasteiger partial charge in [-0.25, -0.2) is 4.98 Å². The molecule has 0 aliphatic carbocycles. The van der Waals surface area contributed by atoms with Gasteiger partial charge in [0.1, 0.15) is 5.82 Å². The second kappa shape index (κ2) is 6.57. The van der Waals surface area contributed by atoms with E-state index in [0.29, 0.717) is 6.04 Å². The Morgan fingerprint density at radius 2 is 2.06 bits per heavy atom. The molecule has 17 heavy (non-hydrogen) atoms. The molecule has 1 unspecified atom stereocenters. The molecule has 1 atom stereocenters. The highest BCUT2D eigenvalue weighted by Gasteiger charge is 2.14. The number of aliphatic hydroxyl groups is 1. The van der Waals surface area contributed by atoms with Gasteiger partial charge in [0, 0.05) is 19.1 Å². The number of likely N-dealkylation sites (N-methyl/N-ethyl adjacent to an activating group) is 2. The maximum absolute atomic E-state index is 9.11. The fourth-order valence-electron chi connectivity index (χ4n) is 2.04. The predicted molar refractivity (Wildman–Crippen MR) is 71.2 cm³/mol. The Morgan fingerprint density at radius 1 is 1.35 bits per heavy atom. The van der Waals surface area contributed by atoms with Crippen molar-refractivity contribution >= 4 is 5.82 Å². The molecule has 4 nitrogen and oxygen atoms in total. The molecule has 0 saturated heterocycles. The van der Waals surface area contributed by atoms with Crippen molar-refractivity contribution in [2.24, 2.45) is 0 Å². The van der Waals surface area contributed by atoms with Crippen LogP contribution >= 0.6 is 0 Å². The highest BCUT2D eigenvalue weighted by Crippen LogP contribution is 2.15. The fraction of sp³-hybridized carbons (Fsp3) is 0.615. The first-order valence-corrected chi connectivity index (χ1v) is 6.06. The molecule has 0 spiro atoms. The molecule has 96 valence electrons. The largest absolute Gasteiger partial charge is 0.390 e. The molecule has 0 aromatic carbocycles. The van der Waals surface area contributed by atoms with E-state index >= 15 is 0 Å². The Bertz CT molecular complexity index is 341. The quantitative estimate of drug-likeness (QED) is 0.810. The standard InChI is InChI=1S/C13H23N3O/c1-5-16(11(2)9-15(3)4)13-8-6-7-12(10-17)14-13/h6-8,11,17H,5,9-10H2,1-4H3. The van der Waals surface area contributed by atoms with Crippen LogP contribution in [-0.4, -0.2) is 48.2 Å². The zero-order valence-corrected chi connectivity index (χ0v) is 11.2. The van der Waals surface area contributed by atoms with E-state index in [1.165, 1.54) is 0 Å². The van der Waals surface area contributed by atoms with Crippen molar-refractivity contribution in [1.29, 1.82) is 0 Å². The van der Waals surface area contributed by atoms with E-state index in [9.17, 15) is 0 Å². The van der Waals surface area contributed by atoms with E-state index in [1.54, 1.807) is 0 Å². The Hall–Kier alpha value is -1.13. The van der Waals surface area contributed by atoms with Gasteiger partial charge in [-0.1, -0.05) is 6.07 Å². The first kappa shape index (κ1) is 13.9. The van der Waals surface area contributed by atoms with Gasteiger partial charge in [-0.2, -0.15) is 0 Å². The van der Waals surface area contributed by atoms with Crippen molar-refractivity contribution in [3.8, 4) is 0 Å². The summed E-state index contributed by atoms with van der Waals surface area (Å²) in [5, 5.41) is 9.11. The molecule has 1 aromatic heterocycles. The molecule has 0 aliphatic heterocycles. The van der Waals surface area contributed by atoms with E-state index in [4.69, 9.17) is 5.11 Å². The third-order valence-corrected chi connectivity index (χ3v) is 2.75. The number of rotatable bonds is 6. The lowest BCUT2D eigenvalue weighted by Crippen LogP contribution is -2.40. The maximum Gasteiger partial charge on any atom is 0.129 e. The van der Waals surface area contributed by atoms with Crippen LogP contribution in [0.2, 0.25) is 0 Å². The molecule has 1 aromatic rings. The molecular weight excluding hydrogens is 214 g/mol. The summed E-state index contributed by atoms with van der Waals surface area (Å²) in [4.78, 5) is 8.87. The summed E-state index contributed by atoms with van der Waals surface area (Å²) in [7, 11) is 4.14. The Balaban J connectivity index is 2.84. The Kier molecular flexibility index (Phi) is 5.38. The minimum atomic E-state index is -0.00649. The van der Waals surface area contributed by atoms with Crippen molar-refractivity contribution < 1.29 is 5.11 Å². The molecule has 0 radical (unpaired) electrons. The lowest BCUT2D eigenvalue weighted by molar-refractivity contribution is 0.277. The van der Waals surface area contributed by atoms with Crippen molar-refractivity contribution in [2.45, 2.75) is 26.5 Å². The van der Waals surface area contributed by atoms with E-state index in [-0.39, 0.29) is 6.61 Å². The van der Waals surface area contributed by atoms with E-state index in [1.807, 2.05) is 18.2 Å². The zero-order chi connectivity index (χ0) is 12.8. The van der Waals surface area contributed by atoms with Crippen molar-refractivity contribution in [2.75, 3.05) is 32.1 Å². The second-order valence-corrected chi connectivity index (χ2v) is 4.54. The van der Waals surface area contributed by atoms with Crippen molar-refractivity contribution in [3.05, 3.63) is 23.9 Å². The van der Waals surface area contributed by atoms with Crippen molar-refractivity contribution in [1.82, 2.24) is 9.88 Å². The second-order valence-electron chi connectivity index (χ2n) is 4.54. The molecule has 4 heteroatoms. The van der Waals surface area contributed by atoms with Crippen LogP contribution in [0.25, 0.3) is 0 Å². The SMILES string of the molecule is CCN(c1cccc(CO)n1)C(C)CN(C)C. The van der Waals surface area contributed by atoms with Gasteiger partial charge >= 0.3 is 0 Å². The van der Waals surface area contributed by atoms with Gasteiger partial charge in [0.25, 0.3) is 0 Å². The molecule has 1 heterocycles. The molecule has 0 amide bonds. The molecule has 0 fully saturated rings. The predicted octanol–water partition coefficient (Wildman–Crippen LogP) is 1.35. The van der Waals surface area contributed by atoms with Gasteiger partial charge in [0.05, 0.1) is 12.3 Å². The van der Waals surface area contributed by atoms with Crippen LogP contribution in [0.5, 0.6) is 0 Å². The normalized spacial score (nSPS) is 12.8. The van der Waals surface area contributed by atoms with Gasteiger partial charge in [-0.3, -0.25) is 0 Å². The summed E-state index contributed by atoms with van der Waals surface area (Å²) < 4.78 is 0. The minimum absolute atomic E-state index is 0.00649. The molecule has 0 saturated carbocycles. The smallest absolute Gasteiger partial charge is 0.129 e. The lowest BCUT2D eigenvalue weighted by Gasteiger charge is -2.31. The van der Waals surface area contributed by atoms with Crippen LogP contribution in [0.3, 0.4) is 0 Å². The summed E-state index contributed by atoms with van der Waals surface area (Å²) in [5.41, 5.74) is 0.720. The lowest BCUT2D eigenvalue weighted by atomic mass is 10.2. The van der Waals surface area contributed by atoms with Crippen LogP contribution in [0.15, 0.2) is 18.2 Å². The summed E-state index contributed by atoms with van der Waals surface area (Å²) in [5.74, 6) is 0.938. The number of hydrogen-bond donors (Lipinski definition) is 1. The van der Waals surface area contributed by atoms with Crippen LogP contribution in [-0.2, 0) is 6.61 Å². The van der Waals surface area contributed by atoms with Crippen LogP contribution in [0.4, 0.5) is 5.82 Å².